The zero-order chi connectivity index (χ0) is 15.8. The molecule has 0 fully saturated rings. The molecule has 6 nitrogen and oxygen atoms in total. The monoisotopic (exact) mass is 300 g/mol. The van der Waals surface area contributed by atoms with Crippen LogP contribution in [0, 0.1) is 0 Å². The van der Waals surface area contributed by atoms with Crippen LogP contribution in [0.15, 0.2) is 48.8 Å². The van der Waals surface area contributed by atoms with Crippen LogP contribution in [0.1, 0.15) is 21.5 Å². The SMILES string of the molecule is COC(=O)c1ccc(COC(=O)NCc2cccnc2)cc1. The number of nitrogens with zero attached hydrogens (tertiary/aromatic N) is 1. The fourth-order valence-electron chi connectivity index (χ4n) is 1.73. The summed E-state index contributed by atoms with van der Waals surface area (Å²) in [6.45, 7) is 0.480. The van der Waals surface area contributed by atoms with Crippen LogP contribution in [0.2, 0.25) is 0 Å². The fraction of sp³-hybridized carbons (Fsp3) is 0.188. The molecule has 6 heteroatoms. The quantitative estimate of drug-likeness (QED) is 0.857. The third-order valence-electron chi connectivity index (χ3n) is 2.90. The van der Waals surface area contributed by atoms with Gasteiger partial charge in [0.25, 0.3) is 0 Å². The molecule has 22 heavy (non-hydrogen) atoms. The third kappa shape index (κ3) is 4.59. The van der Waals surface area contributed by atoms with Gasteiger partial charge in [0, 0.05) is 18.9 Å². The Kier molecular flexibility index (Phi) is 5.48. The van der Waals surface area contributed by atoms with Gasteiger partial charge in [-0.25, -0.2) is 9.59 Å². The van der Waals surface area contributed by atoms with Crippen molar-refractivity contribution in [1.29, 1.82) is 0 Å². The van der Waals surface area contributed by atoms with Gasteiger partial charge in [-0.3, -0.25) is 4.98 Å². The van der Waals surface area contributed by atoms with Gasteiger partial charge in [-0.2, -0.15) is 0 Å². The van der Waals surface area contributed by atoms with Gasteiger partial charge in [0.15, 0.2) is 0 Å². The number of esters is 1. The van der Waals surface area contributed by atoms with Gasteiger partial charge in [0.2, 0.25) is 0 Å². The molecule has 0 saturated carbocycles. The van der Waals surface area contributed by atoms with Gasteiger partial charge in [-0.15, -0.1) is 0 Å². The number of benzene rings is 1. The summed E-state index contributed by atoms with van der Waals surface area (Å²) in [5.74, 6) is -0.401. The topological polar surface area (TPSA) is 77.5 Å². The van der Waals surface area contributed by atoms with Crippen LogP contribution in [-0.2, 0) is 22.6 Å². The minimum Gasteiger partial charge on any atom is -0.465 e. The second-order valence-electron chi connectivity index (χ2n) is 4.48. The molecule has 0 spiro atoms. The molecule has 0 aliphatic rings. The summed E-state index contributed by atoms with van der Waals surface area (Å²) in [5.41, 5.74) is 2.12. The highest BCUT2D eigenvalue weighted by molar-refractivity contribution is 5.89. The third-order valence-corrected chi connectivity index (χ3v) is 2.90. The number of carbonyl (C=O) groups is 2. The predicted molar refractivity (Wildman–Crippen MR) is 79.0 cm³/mol. The molecule has 0 atom stereocenters. The standard InChI is InChI=1S/C16H16N2O4/c1-21-15(19)14-6-4-12(5-7-14)11-22-16(20)18-10-13-3-2-8-17-9-13/h2-9H,10-11H2,1H3,(H,18,20). The number of pyridine rings is 1. The summed E-state index contributed by atoms with van der Waals surface area (Å²) < 4.78 is 9.70. The van der Waals surface area contributed by atoms with E-state index in [1.165, 1.54) is 7.11 Å². The molecule has 1 N–H and O–H groups in total. The molecule has 0 saturated heterocycles. The van der Waals surface area contributed by atoms with E-state index in [4.69, 9.17) is 4.74 Å². The lowest BCUT2D eigenvalue weighted by atomic mass is 10.1. The number of alkyl carbamates (subject to hydrolysis) is 1. The number of methoxy groups -OCH3 is 1. The van der Waals surface area contributed by atoms with Crippen LogP contribution in [0.5, 0.6) is 0 Å². The van der Waals surface area contributed by atoms with Crippen molar-refractivity contribution in [3.05, 3.63) is 65.5 Å². The average molecular weight is 300 g/mol. The van der Waals surface area contributed by atoms with Crippen LogP contribution >= 0.6 is 0 Å². The van der Waals surface area contributed by atoms with Gasteiger partial charge < -0.3 is 14.8 Å². The zero-order valence-corrected chi connectivity index (χ0v) is 12.1. The molecule has 1 aromatic heterocycles. The van der Waals surface area contributed by atoms with Crippen LogP contribution in [0.3, 0.4) is 0 Å². The lowest BCUT2D eigenvalue weighted by molar-refractivity contribution is 0.0600. The molecular weight excluding hydrogens is 284 g/mol. The number of aromatic nitrogens is 1. The van der Waals surface area contributed by atoms with Gasteiger partial charge in [0.1, 0.15) is 6.61 Å². The van der Waals surface area contributed by atoms with Gasteiger partial charge >= 0.3 is 12.1 Å². The summed E-state index contributed by atoms with van der Waals surface area (Å²) in [6, 6.07) is 10.3. The van der Waals surface area contributed by atoms with Gasteiger partial charge in [-0.1, -0.05) is 18.2 Å². The van der Waals surface area contributed by atoms with Crippen LogP contribution < -0.4 is 5.32 Å². The molecule has 0 bridgehead atoms. The summed E-state index contributed by atoms with van der Waals surface area (Å²) >= 11 is 0. The van der Waals surface area contributed by atoms with E-state index in [1.807, 2.05) is 6.07 Å². The molecular formula is C16H16N2O4. The normalized spacial score (nSPS) is 9.86. The largest absolute Gasteiger partial charge is 0.465 e. The summed E-state index contributed by atoms with van der Waals surface area (Å²) in [5, 5.41) is 2.63. The molecule has 1 amide bonds. The van der Waals surface area contributed by atoms with Crippen molar-refractivity contribution < 1.29 is 19.1 Å². The van der Waals surface area contributed by atoms with Gasteiger partial charge in [-0.05, 0) is 29.3 Å². The summed E-state index contributed by atoms with van der Waals surface area (Å²) in [7, 11) is 1.33. The Hall–Kier alpha value is -2.89. The maximum atomic E-state index is 11.6. The molecule has 0 aliphatic carbocycles. The number of hydrogen-bond acceptors (Lipinski definition) is 5. The maximum Gasteiger partial charge on any atom is 0.407 e. The van der Waals surface area contributed by atoms with E-state index >= 15 is 0 Å². The highest BCUT2D eigenvalue weighted by atomic mass is 16.5. The van der Waals surface area contributed by atoms with Crippen LogP contribution in [0.25, 0.3) is 0 Å². The lowest BCUT2D eigenvalue weighted by Crippen LogP contribution is -2.23. The maximum absolute atomic E-state index is 11.6. The van der Waals surface area contributed by atoms with E-state index in [1.54, 1.807) is 42.7 Å². The van der Waals surface area contributed by atoms with Crippen molar-refractivity contribution in [3.63, 3.8) is 0 Å². The highest BCUT2D eigenvalue weighted by Gasteiger charge is 2.06. The first kappa shape index (κ1) is 15.5. The first-order valence-corrected chi connectivity index (χ1v) is 6.66. The summed E-state index contributed by atoms with van der Waals surface area (Å²) in [4.78, 5) is 26.8. The number of rotatable bonds is 5. The molecule has 1 aromatic carbocycles. The molecule has 1 heterocycles. The molecule has 0 aliphatic heterocycles. The lowest BCUT2D eigenvalue weighted by Gasteiger charge is -2.07. The Labute approximate surface area is 128 Å². The Balaban J connectivity index is 1.77. The minimum absolute atomic E-state index is 0.125. The van der Waals surface area contributed by atoms with E-state index < -0.39 is 12.1 Å². The van der Waals surface area contributed by atoms with Gasteiger partial charge in [0.05, 0.1) is 12.7 Å². The first-order chi connectivity index (χ1) is 10.7. The van der Waals surface area contributed by atoms with Crippen LogP contribution in [0.4, 0.5) is 4.79 Å². The average Bonchev–Trinajstić information content (AvgIpc) is 2.58. The van der Waals surface area contributed by atoms with Crippen molar-refractivity contribution in [2.24, 2.45) is 0 Å². The number of amides is 1. The molecule has 0 unspecified atom stereocenters. The van der Waals surface area contributed by atoms with E-state index in [0.717, 1.165) is 11.1 Å². The van der Waals surface area contributed by atoms with Crippen molar-refractivity contribution in [1.82, 2.24) is 10.3 Å². The number of ether oxygens (including phenoxy) is 2. The fourth-order valence-corrected chi connectivity index (χ4v) is 1.73. The van der Waals surface area contributed by atoms with Crippen molar-refractivity contribution >= 4 is 12.1 Å². The van der Waals surface area contributed by atoms with E-state index in [-0.39, 0.29) is 6.61 Å². The van der Waals surface area contributed by atoms with Crippen LogP contribution in [-0.4, -0.2) is 24.2 Å². The molecule has 114 valence electrons. The Morgan fingerprint density at radius 1 is 1.14 bits per heavy atom. The number of hydrogen-bond donors (Lipinski definition) is 1. The van der Waals surface area contributed by atoms with E-state index in [0.29, 0.717) is 12.1 Å². The van der Waals surface area contributed by atoms with E-state index in [9.17, 15) is 9.59 Å². The predicted octanol–water partition coefficient (Wildman–Crippen LogP) is 2.29. The molecule has 0 radical (unpaired) electrons. The van der Waals surface area contributed by atoms with Crippen molar-refractivity contribution in [2.45, 2.75) is 13.2 Å². The van der Waals surface area contributed by atoms with Crippen molar-refractivity contribution in [3.8, 4) is 0 Å². The second-order valence-corrected chi connectivity index (χ2v) is 4.48. The smallest absolute Gasteiger partial charge is 0.407 e. The van der Waals surface area contributed by atoms with Crippen molar-refractivity contribution in [2.75, 3.05) is 7.11 Å². The molecule has 2 rings (SSSR count). The minimum atomic E-state index is -0.513. The highest BCUT2D eigenvalue weighted by Crippen LogP contribution is 2.07. The summed E-state index contributed by atoms with van der Waals surface area (Å²) in [6.07, 6.45) is 2.83. The Morgan fingerprint density at radius 3 is 2.55 bits per heavy atom. The van der Waals surface area contributed by atoms with E-state index in [2.05, 4.69) is 15.0 Å². The number of carbonyl (C=O) groups excluding carboxylic acids is 2. The second kappa shape index (κ2) is 7.78. The Bertz CT molecular complexity index is 626. The zero-order valence-electron chi connectivity index (χ0n) is 12.1. The Morgan fingerprint density at radius 2 is 1.91 bits per heavy atom. The number of nitrogens with one attached hydrogen (secondary N) is 1. The molecule has 2 aromatic rings. The first-order valence-electron chi connectivity index (χ1n) is 6.66.